The number of oxime groups is 1. The number of carbonyl (C=O) groups is 1. The highest BCUT2D eigenvalue weighted by Crippen LogP contribution is 2.24. The van der Waals surface area contributed by atoms with Gasteiger partial charge < -0.3 is 15.8 Å². The van der Waals surface area contributed by atoms with Gasteiger partial charge in [-0.3, -0.25) is 4.79 Å². The first-order valence-corrected chi connectivity index (χ1v) is 6.30. The number of nitrogens with two attached hydrogens (primary N) is 1. The van der Waals surface area contributed by atoms with E-state index < -0.39 is 0 Å². The van der Waals surface area contributed by atoms with Gasteiger partial charge in [0.2, 0.25) is 5.91 Å². The Kier molecular flexibility index (Phi) is 5.25. The molecular formula is C12H23N3O2. The standard InChI is InChI=1S/C12H23N3O2/c1-9(2)8-15(10-5-3-4-6-10)12(16)7-11(13)14-17/h9-10,17H,3-8H2,1-2H3,(H2,13,14). The Morgan fingerprint density at radius 3 is 2.53 bits per heavy atom. The van der Waals surface area contributed by atoms with Gasteiger partial charge in [0.05, 0.1) is 6.42 Å². The summed E-state index contributed by atoms with van der Waals surface area (Å²) in [5.74, 6) is 0.398. The molecule has 1 amide bonds. The van der Waals surface area contributed by atoms with Crippen molar-refractivity contribution in [3.63, 3.8) is 0 Å². The number of hydrogen-bond donors (Lipinski definition) is 2. The van der Waals surface area contributed by atoms with Crippen molar-refractivity contribution in [3.05, 3.63) is 0 Å². The monoisotopic (exact) mass is 241 g/mol. The van der Waals surface area contributed by atoms with Gasteiger partial charge in [0.1, 0.15) is 5.84 Å². The summed E-state index contributed by atoms with van der Waals surface area (Å²) >= 11 is 0. The van der Waals surface area contributed by atoms with Gasteiger partial charge in [-0.05, 0) is 18.8 Å². The molecule has 0 spiro atoms. The van der Waals surface area contributed by atoms with E-state index in [9.17, 15) is 4.79 Å². The van der Waals surface area contributed by atoms with Crippen molar-refractivity contribution in [2.45, 2.75) is 52.0 Å². The SMILES string of the molecule is CC(C)CN(C(=O)CC(N)=NO)C1CCCC1. The summed E-state index contributed by atoms with van der Waals surface area (Å²) in [5, 5.41) is 11.4. The highest BCUT2D eigenvalue weighted by atomic mass is 16.4. The molecule has 0 bridgehead atoms. The molecule has 3 N–H and O–H groups in total. The molecule has 0 aromatic carbocycles. The molecule has 1 fully saturated rings. The lowest BCUT2D eigenvalue weighted by Gasteiger charge is -2.30. The molecule has 5 nitrogen and oxygen atoms in total. The quantitative estimate of drug-likeness (QED) is 0.332. The van der Waals surface area contributed by atoms with Gasteiger partial charge >= 0.3 is 0 Å². The first kappa shape index (κ1) is 13.8. The molecule has 17 heavy (non-hydrogen) atoms. The van der Waals surface area contributed by atoms with E-state index in [1.165, 1.54) is 12.8 Å². The highest BCUT2D eigenvalue weighted by Gasteiger charge is 2.27. The lowest BCUT2D eigenvalue weighted by Crippen LogP contribution is -2.42. The molecule has 0 aromatic heterocycles. The molecule has 0 aliphatic heterocycles. The number of hydrogen-bond acceptors (Lipinski definition) is 3. The van der Waals surface area contributed by atoms with Crippen LogP contribution < -0.4 is 5.73 Å². The number of amides is 1. The van der Waals surface area contributed by atoms with Crippen LogP contribution >= 0.6 is 0 Å². The van der Waals surface area contributed by atoms with Gasteiger partial charge in [-0.2, -0.15) is 0 Å². The molecule has 5 heteroatoms. The fourth-order valence-electron chi connectivity index (χ4n) is 2.36. The van der Waals surface area contributed by atoms with Crippen LogP contribution in [-0.4, -0.2) is 34.4 Å². The summed E-state index contributed by atoms with van der Waals surface area (Å²) in [7, 11) is 0. The van der Waals surface area contributed by atoms with Crippen LogP contribution in [0, 0.1) is 5.92 Å². The topological polar surface area (TPSA) is 78.9 Å². The predicted molar refractivity (Wildman–Crippen MR) is 66.8 cm³/mol. The fourth-order valence-corrected chi connectivity index (χ4v) is 2.36. The molecular weight excluding hydrogens is 218 g/mol. The summed E-state index contributed by atoms with van der Waals surface area (Å²) in [4.78, 5) is 14.0. The zero-order valence-electron chi connectivity index (χ0n) is 10.7. The van der Waals surface area contributed by atoms with E-state index in [4.69, 9.17) is 10.9 Å². The average molecular weight is 241 g/mol. The molecule has 0 unspecified atom stereocenters. The second kappa shape index (κ2) is 6.47. The van der Waals surface area contributed by atoms with Crippen molar-refractivity contribution < 1.29 is 10.0 Å². The molecule has 0 heterocycles. The summed E-state index contributed by atoms with van der Waals surface area (Å²) in [6.45, 7) is 4.94. The fraction of sp³-hybridized carbons (Fsp3) is 0.833. The van der Waals surface area contributed by atoms with E-state index in [0.29, 0.717) is 12.0 Å². The van der Waals surface area contributed by atoms with Crippen LogP contribution in [0.2, 0.25) is 0 Å². The van der Waals surface area contributed by atoms with Gasteiger partial charge in [-0.25, -0.2) is 0 Å². The predicted octanol–water partition coefficient (Wildman–Crippen LogP) is 1.55. The van der Waals surface area contributed by atoms with E-state index in [-0.39, 0.29) is 18.2 Å². The summed E-state index contributed by atoms with van der Waals surface area (Å²) < 4.78 is 0. The Hall–Kier alpha value is -1.26. The van der Waals surface area contributed by atoms with Gasteiger partial charge in [0, 0.05) is 12.6 Å². The third-order valence-corrected chi connectivity index (χ3v) is 3.11. The van der Waals surface area contributed by atoms with Crippen molar-refractivity contribution in [2.75, 3.05) is 6.54 Å². The van der Waals surface area contributed by atoms with Crippen LogP contribution in [0.3, 0.4) is 0 Å². The smallest absolute Gasteiger partial charge is 0.230 e. The maximum atomic E-state index is 12.1. The van der Waals surface area contributed by atoms with Crippen LogP contribution in [0.25, 0.3) is 0 Å². The zero-order valence-corrected chi connectivity index (χ0v) is 10.7. The molecule has 98 valence electrons. The lowest BCUT2D eigenvalue weighted by molar-refractivity contribution is -0.132. The van der Waals surface area contributed by atoms with E-state index in [2.05, 4.69) is 19.0 Å². The molecule has 0 atom stereocenters. The second-order valence-electron chi connectivity index (χ2n) is 5.15. The number of carbonyl (C=O) groups excluding carboxylic acids is 1. The van der Waals surface area contributed by atoms with Gasteiger partial charge in [-0.1, -0.05) is 31.8 Å². The van der Waals surface area contributed by atoms with Crippen LogP contribution in [0.15, 0.2) is 5.16 Å². The number of amidine groups is 1. The highest BCUT2D eigenvalue weighted by molar-refractivity contribution is 5.98. The summed E-state index contributed by atoms with van der Waals surface area (Å²) in [6, 6.07) is 0.344. The Balaban J connectivity index is 2.64. The summed E-state index contributed by atoms with van der Waals surface area (Å²) in [6.07, 6.45) is 4.55. The Morgan fingerprint density at radius 2 is 2.06 bits per heavy atom. The molecule has 1 saturated carbocycles. The van der Waals surface area contributed by atoms with E-state index in [1.54, 1.807) is 0 Å². The molecule has 0 saturated heterocycles. The van der Waals surface area contributed by atoms with E-state index >= 15 is 0 Å². The second-order valence-corrected chi connectivity index (χ2v) is 5.15. The molecule has 0 aromatic rings. The Bertz CT molecular complexity index is 283. The van der Waals surface area contributed by atoms with Crippen molar-refractivity contribution in [3.8, 4) is 0 Å². The maximum absolute atomic E-state index is 12.1. The minimum Gasteiger partial charge on any atom is -0.409 e. The Morgan fingerprint density at radius 1 is 1.47 bits per heavy atom. The van der Waals surface area contributed by atoms with Crippen molar-refractivity contribution in [1.29, 1.82) is 0 Å². The van der Waals surface area contributed by atoms with Crippen LogP contribution in [0.5, 0.6) is 0 Å². The van der Waals surface area contributed by atoms with Crippen LogP contribution in [-0.2, 0) is 4.79 Å². The Labute approximate surface area is 103 Å². The minimum absolute atomic E-state index is 0.0123. The average Bonchev–Trinajstić information content (AvgIpc) is 2.78. The first-order chi connectivity index (χ1) is 8.04. The molecule has 0 radical (unpaired) electrons. The van der Waals surface area contributed by atoms with Crippen molar-refractivity contribution in [2.24, 2.45) is 16.8 Å². The third kappa shape index (κ3) is 4.24. The lowest BCUT2D eigenvalue weighted by atomic mass is 10.1. The zero-order chi connectivity index (χ0) is 12.8. The number of nitrogens with zero attached hydrogens (tertiary/aromatic N) is 2. The van der Waals surface area contributed by atoms with Crippen molar-refractivity contribution in [1.82, 2.24) is 4.90 Å². The van der Waals surface area contributed by atoms with Crippen LogP contribution in [0.4, 0.5) is 0 Å². The van der Waals surface area contributed by atoms with Gasteiger partial charge in [-0.15, -0.1) is 0 Å². The molecule has 1 aliphatic carbocycles. The van der Waals surface area contributed by atoms with Crippen LogP contribution in [0.1, 0.15) is 46.0 Å². The largest absolute Gasteiger partial charge is 0.409 e. The minimum atomic E-state index is -0.0269. The third-order valence-electron chi connectivity index (χ3n) is 3.11. The van der Waals surface area contributed by atoms with Gasteiger partial charge in [0.15, 0.2) is 0 Å². The number of rotatable bonds is 5. The maximum Gasteiger partial charge on any atom is 0.230 e. The van der Waals surface area contributed by atoms with E-state index in [1.807, 2.05) is 4.90 Å². The normalized spacial score (nSPS) is 17.7. The molecule has 1 aliphatic rings. The van der Waals surface area contributed by atoms with E-state index in [0.717, 1.165) is 19.4 Å². The van der Waals surface area contributed by atoms with Crippen molar-refractivity contribution >= 4 is 11.7 Å². The first-order valence-electron chi connectivity index (χ1n) is 6.30. The van der Waals surface area contributed by atoms with Gasteiger partial charge in [0.25, 0.3) is 0 Å². The molecule has 1 rings (SSSR count). The summed E-state index contributed by atoms with van der Waals surface area (Å²) in [5.41, 5.74) is 5.39.